The largest absolute Gasteiger partial charge is 0.381 e. The van der Waals surface area contributed by atoms with Gasteiger partial charge in [-0.15, -0.1) is 48.3 Å². The first-order chi connectivity index (χ1) is 33.3. The molecule has 8 N–H and O–H groups in total. The number of halogens is 2. The van der Waals surface area contributed by atoms with E-state index in [4.69, 9.17) is 45.4 Å². The molecule has 402 valence electrons. The van der Waals surface area contributed by atoms with Crippen LogP contribution in [0, 0.1) is 10.8 Å². The Balaban J connectivity index is 0.00000562. The number of benzene rings is 2. The van der Waals surface area contributed by atoms with Crippen LogP contribution in [-0.2, 0) is 28.7 Å². The molecule has 2 aromatic carbocycles. The van der Waals surface area contributed by atoms with Gasteiger partial charge in [-0.1, -0.05) is 126 Å². The molecule has 0 radical (unpaired) electrons. The molecule has 0 saturated carbocycles. The maximum Gasteiger partial charge on any atom is 0.246 e. The van der Waals surface area contributed by atoms with Gasteiger partial charge in [-0.05, 0) is 88.4 Å². The number of hydrogen-bond donors (Lipinski definition) is 6. The number of carbonyl (C=O) groups excluding carboxylic acids is 4. The predicted molar refractivity (Wildman–Crippen MR) is 305 cm³/mol. The lowest BCUT2D eigenvalue weighted by Gasteiger charge is -2.33. The number of likely N-dealkylation sites (N-methyl/N-ethyl adjacent to an activating group) is 2. The number of hydrogen-bond acceptors (Lipinski definition) is 12. The van der Waals surface area contributed by atoms with Crippen LogP contribution in [-0.4, -0.2) is 141 Å². The Kier molecular flexibility index (Phi) is 23.9. The van der Waals surface area contributed by atoms with Crippen molar-refractivity contribution in [2.75, 3.05) is 40.5 Å². The number of carbonyl (C=O) groups is 4. The zero-order valence-corrected chi connectivity index (χ0v) is 48.0. The first-order valence-electron chi connectivity index (χ1n) is 25.0. The minimum absolute atomic E-state index is 0. The average Bonchev–Trinajstić information content (AvgIpc) is 3.67. The fourth-order valence-corrected chi connectivity index (χ4v) is 15.3. The SMILES string of the molecule is CN[C@@H](C)C(=S)NC1CC([C@H](COCCCCCCOC[C@H](c2ccccc2)C2CC(NC(=S)[C@H](C)NC)C(=O)N3C(CC(C)(C)C3C(N)=O)S2)c2ccccc2)SC2CC(C)(C)C(C(N)=O)N2C1=O.Cl.Cl. The van der Waals surface area contributed by atoms with Crippen molar-refractivity contribution in [1.82, 2.24) is 31.1 Å². The molecule has 14 nitrogen and oxygen atoms in total. The molecular formula is C52H80Cl2N8O6S4. The lowest BCUT2D eigenvalue weighted by atomic mass is 9.84. The van der Waals surface area contributed by atoms with E-state index in [9.17, 15) is 19.2 Å². The van der Waals surface area contributed by atoms with Crippen molar-refractivity contribution in [3.05, 3.63) is 71.8 Å². The van der Waals surface area contributed by atoms with Crippen molar-refractivity contribution in [3.63, 3.8) is 0 Å². The Bertz CT molecular complexity index is 1990. The zero-order valence-electron chi connectivity index (χ0n) is 43.1. The molecule has 4 aliphatic heterocycles. The smallest absolute Gasteiger partial charge is 0.246 e. The van der Waals surface area contributed by atoms with Gasteiger partial charge in [0.25, 0.3) is 0 Å². The quantitative estimate of drug-likeness (QED) is 0.0511. The van der Waals surface area contributed by atoms with Gasteiger partial charge < -0.3 is 52.0 Å². The van der Waals surface area contributed by atoms with E-state index in [0.29, 0.717) is 62.1 Å². The van der Waals surface area contributed by atoms with Gasteiger partial charge in [0.05, 0.1) is 46.0 Å². The average molecular weight is 1110 g/mol. The summed E-state index contributed by atoms with van der Waals surface area (Å²) in [5, 5.41) is 12.7. The molecule has 4 aliphatic rings. The molecule has 4 amide bonds. The Morgan fingerprint density at radius 3 is 1.32 bits per heavy atom. The molecule has 4 heterocycles. The Morgan fingerprint density at radius 1 is 0.653 bits per heavy atom. The molecule has 4 saturated heterocycles. The van der Waals surface area contributed by atoms with Crippen LogP contribution in [0.15, 0.2) is 60.7 Å². The van der Waals surface area contributed by atoms with Crippen LogP contribution >= 0.6 is 72.8 Å². The normalized spacial score (nSPS) is 27.1. The third-order valence-electron chi connectivity index (χ3n) is 14.9. The second-order valence-corrected chi connectivity index (χ2v) is 24.7. The van der Waals surface area contributed by atoms with E-state index in [1.807, 2.05) is 92.0 Å². The van der Waals surface area contributed by atoms with E-state index in [1.165, 1.54) is 0 Å². The Hall–Kier alpha value is -2.78. The van der Waals surface area contributed by atoms with E-state index in [0.717, 1.165) is 36.8 Å². The van der Waals surface area contributed by atoms with Crippen LogP contribution in [0.25, 0.3) is 0 Å². The summed E-state index contributed by atoms with van der Waals surface area (Å²) in [5.74, 6) is -1.29. The van der Waals surface area contributed by atoms with Gasteiger partial charge >= 0.3 is 0 Å². The minimum Gasteiger partial charge on any atom is -0.381 e. The molecule has 72 heavy (non-hydrogen) atoms. The molecule has 0 spiro atoms. The maximum absolute atomic E-state index is 14.4. The molecule has 0 aliphatic carbocycles. The number of thioether (sulfide) groups is 2. The van der Waals surface area contributed by atoms with Crippen LogP contribution in [0.3, 0.4) is 0 Å². The Morgan fingerprint density at radius 2 is 1.00 bits per heavy atom. The predicted octanol–water partition coefficient (Wildman–Crippen LogP) is 6.67. The van der Waals surface area contributed by atoms with Crippen molar-refractivity contribution in [3.8, 4) is 0 Å². The van der Waals surface area contributed by atoms with Crippen molar-refractivity contribution >= 4 is 106 Å². The number of thiocarbonyl (C=S) groups is 2. The molecule has 2 aromatic rings. The van der Waals surface area contributed by atoms with Crippen LogP contribution in [0.4, 0.5) is 0 Å². The monoisotopic (exact) mass is 1110 g/mol. The van der Waals surface area contributed by atoms with Gasteiger partial charge in [0, 0.05) is 35.5 Å². The lowest BCUT2D eigenvalue weighted by Crippen LogP contribution is -2.57. The molecule has 12 atom stereocenters. The highest BCUT2D eigenvalue weighted by Crippen LogP contribution is 2.52. The first kappa shape index (κ1) is 61.8. The molecule has 6 rings (SSSR count). The maximum atomic E-state index is 14.4. The second-order valence-electron chi connectivity index (χ2n) is 21.0. The van der Waals surface area contributed by atoms with Gasteiger partial charge in [-0.3, -0.25) is 19.2 Å². The van der Waals surface area contributed by atoms with Gasteiger partial charge in [0.15, 0.2) is 0 Å². The molecule has 0 bridgehead atoms. The number of nitrogens with zero attached hydrogens (tertiary/aromatic N) is 2. The summed E-state index contributed by atoms with van der Waals surface area (Å²) in [4.78, 5) is 59.4. The first-order valence-corrected chi connectivity index (χ1v) is 27.7. The van der Waals surface area contributed by atoms with E-state index in [2.05, 4.69) is 45.5 Å². The van der Waals surface area contributed by atoms with E-state index in [1.54, 1.807) is 33.3 Å². The summed E-state index contributed by atoms with van der Waals surface area (Å²) in [6, 6.07) is 17.8. The highest BCUT2D eigenvalue weighted by atomic mass is 35.5. The molecule has 20 heteroatoms. The molecular weight excluding hydrogens is 1030 g/mol. The number of ether oxygens (including phenoxy) is 2. The Labute approximate surface area is 460 Å². The van der Waals surface area contributed by atoms with Gasteiger partial charge in [-0.25, -0.2) is 0 Å². The van der Waals surface area contributed by atoms with Crippen LogP contribution in [0.2, 0.25) is 0 Å². The highest BCUT2D eigenvalue weighted by molar-refractivity contribution is 8.00. The lowest BCUT2D eigenvalue weighted by molar-refractivity contribution is -0.141. The number of rotatable bonds is 23. The number of fused-ring (bicyclic) bond motifs is 2. The second kappa shape index (κ2) is 27.8. The fourth-order valence-electron chi connectivity index (χ4n) is 10.8. The summed E-state index contributed by atoms with van der Waals surface area (Å²) in [5.41, 5.74) is 13.3. The summed E-state index contributed by atoms with van der Waals surface area (Å²) >= 11 is 15.0. The van der Waals surface area contributed by atoms with Crippen molar-refractivity contribution < 1.29 is 28.7 Å². The highest BCUT2D eigenvalue weighted by Gasteiger charge is 2.57. The van der Waals surface area contributed by atoms with Crippen molar-refractivity contribution in [2.24, 2.45) is 22.3 Å². The van der Waals surface area contributed by atoms with Crippen LogP contribution in [0.5, 0.6) is 0 Å². The molecule has 4 fully saturated rings. The van der Waals surface area contributed by atoms with E-state index < -0.39 is 46.8 Å². The third kappa shape index (κ3) is 15.0. The zero-order chi connectivity index (χ0) is 50.9. The third-order valence-corrected chi connectivity index (χ3v) is 19.0. The van der Waals surface area contributed by atoms with Crippen LogP contribution < -0.4 is 32.7 Å². The summed E-state index contributed by atoms with van der Waals surface area (Å²) in [6.07, 6.45) is 6.08. The number of nitrogens with two attached hydrogens (primary N) is 2. The topological polar surface area (TPSA) is 193 Å². The summed E-state index contributed by atoms with van der Waals surface area (Å²) in [7, 11) is 3.67. The van der Waals surface area contributed by atoms with E-state index >= 15 is 0 Å². The van der Waals surface area contributed by atoms with Gasteiger partial charge in [-0.2, -0.15) is 0 Å². The molecule has 0 aromatic heterocycles. The fraction of sp³-hybridized carbons (Fsp3) is 0.654. The number of nitrogens with one attached hydrogen (secondary N) is 4. The van der Waals surface area contributed by atoms with Crippen molar-refractivity contribution in [2.45, 2.75) is 162 Å². The van der Waals surface area contributed by atoms with Crippen LogP contribution in [0.1, 0.15) is 116 Å². The summed E-state index contributed by atoms with van der Waals surface area (Å²) < 4.78 is 13.0. The number of unbranched alkanes of at least 4 members (excludes halogenated alkanes) is 3. The summed E-state index contributed by atoms with van der Waals surface area (Å²) in [6.45, 7) is 14.2. The van der Waals surface area contributed by atoms with Gasteiger partial charge in [0.1, 0.15) is 24.2 Å². The minimum atomic E-state index is -0.720. The number of amides is 4. The number of primary amides is 2. The van der Waals surface area contributed by atoms with Crippen molar-refractivity contribution in [1.29, 1.82) is 0 Å². The standard InChI is InChI=1S/C52H78N8O6S4.2ClH/c1-31(55-7)47(67)57-37-25-39(69-41-27-51(3,4)43(45(53)61)59(41)49(37)63)35(33-19-13-11-14-20-33)29-65-23-17-9-10-18-24-66-30-36(34-21-15-12-16-22-34)40-26-38(58-48(68)32(2)56-8)50(64)60-42(70-40)28-52(5,6)44(60)46(54)62;;/h11-16,19-22,31-32,35-44,55-56H,9-10,17-18,23-30H2,1-8H3,(H2,53,61)(H2,54,62)(H,57,67)(H,58,68);2*1H/t31-,32-,35+,36+,37?,38?,39?,40?,41?,42?,43?,44?;;/m0../s1. The van der Waals surface area contributed by atoms with E-state index in [-0.39, 0.29) is 81.8 Å². The molecule has 8 unspecified atom stereocenters. The van der Waals surface area contributed by atoms with Gasteiger partial charge in [0.2, 0.25) is 23.6 Å².